The fraction of sp³-hybridized carbons (Fsp3) is 0.109. The second-order valence-corrected chi connectivity index (χ2v) is 20.0. The highest BCUT2D eigenvalue weighted by molar-refractivity contribution is 6.24. The van der Waals surface area contributed by atoms with Gasteiger partial charge in [0.25, 0.3) is 0 Å². The Morgan fingerprint density at radius 2 is 0.716 bits per heavy atom. The molecule has 2 aromatic heterocycles. The summed E-state index contributed by atoms with van der Waals surface area (Å²) in [4.78, 5) is 105. The Labute approximate surface area is 478 Å². The number of carbonyl (C=O) groups excluding carboxylic acids is 5. The van der Waals surface area contributed by atoms with Crippen molar-refractivity contribution in [3.63, 3.8) is 0 Å². The summed E-state index contributed by atoms with van der Waals surface area (Å²) in [5.74, 6) is -43.7. The average Bonchev–Trinajstić information content (AvgIpc) is 0.797. The van der Waals surface area contributed by atoms with E-state index >= 15 is 19.2 Å². The molecule has 0 fully saturated rings. The lowest BCUT2D eigenvalue weighted by atomic mass is 9.73. The molecule has 6 bridgehead atoms. The number of hydrogen-bond acceptors (Lipinski definition) is 33. The van der Waals surface area contributed by atoms with Crippen LogP contribution >= 0.6 is 0 Å². The molecule has 0 saturated carbocycles. The van der Waals surface area contributed by atoms with Crippen LogP contribution in [0.2, 0.25) is 0 Å². The maximum absolute atomic E-state index is 15.9. The molecule has 1 unspecified atom stereocenters. The minimum Gasteiger partial charge on any atom is -0.504 e. The first-order valence-electron chi connectivity index (χ1n) is 24.6. The monoisotopic (exact) mass is 1220 g/mol. The molecule has 5 aliphatic rings. The first-order chi connectivity index (χ1) is 41.5. The number of hydrogen-bond donors (Lipinski definition) is 19. The Morgan fingerprint density at radius 3 is 1.28 bits per heavy atom. The van der Waals surface area contributed by atoms with Gasteiger partial charge in [0.1, 0.15) is 6.61 Å². The standard InChI is InChI=1S/C55H30O33/c56-10-1-6-15(33(64)29(10)60)16-7(2-11(57)30(61)34(16)65)51(77)84-44-14(5-82-49(6)75)83-50(76)8-3-12(58)31(62)35(66)17(8)19-26-20(37(68)41(72)36(19)67)21-27-22(39(70)42(73)38(21)69)25(47(87-53(27)79)48(44)88-54(26)80)23-28-24-18-9(52(78)85-46(24)43(74)40(23)71)4-13(59)32(63)45(18)86-55(28)81/h1-4,14,25,44,47-48,56-74H,5H2/t14-,25+,44+,47-,48?/m0/s1. The molecule has 33 nitrogen and oxygen atoms in total. The molecule has 9 aromatic rings. The van der Waals surface area contributed by atoms with E-state index in [9.17, 15) is 111 Å². The van der Waals surface area contributed by atoms with Crippen molar-refractivity contribution in [1.29, 1.82) is 0 Å². The maximum atomic E-state index is 15.9. The third-order valence-corrected chi connectivity index (χ3v) is 15.5. The second kappa shape index (κ2) is 17.8. The lowest BCUT2D eigenvalue weighted by Gasteiger charge is -2.43. The van der Waals surface area contributed by atoms with Crippen molar-refractivity contribution in [2.45, 2.75) is 30.3 Å². The molecule has 0 amide bonds. The third-order valence-electron chi connectivity index (χ3n) is 15.5. The highest BCUT2D eigenvalue weighted by atomic mass is 16.6. The van der Waals surface area contributed by atoms with Gasteiger partial charge in [-0.05, 0) is 24.3 Å². The minimum atomic E-state index is -3.18. The van der Waals surface area contributed by atoms with Crippen LogP contribution in [0, 0.1) is 0 Å². The van der Waals surface area contributed by atoms with Crippen molar-refractivity contribution in [1.82, 2.24) is 0 Å². The molecule has 0 saturated heterocycles. The van der Waals surface area contributed by atoms with E-state index < -0.39 is 292 Å². The van der Waals surface area contributed by atoms with Crippen molar-refractivity contribution in [2.24, 2.45) is 0 Å². The van der Waals surface area contributed by atoms with Crippen molar-refractivity contribution < 1.29 is 154 Å². The molecule has 448 valence electrons. The summed E-state index contributed by atoms with van der Waals surface area (Å²) >= 11 is 0. The summed E-state index contributed by atoms with van der Waals surface area (Å²) in [5.41, 5.74) is -23.7. The predicted octanol–water partition coefficient (Wildman–Crippen LogP) is 3.04. The molecule has 0 aliphatic carbocycles. The number of phenols is 19. The van der Waals surface area contributed by atoms with E-state index in [2.05, 4.69) is 0 Å². The molecule has 7 aromatic carbocycles. The van der Waals surface area contributed by atoms with Gasteiger partial charge in [-0.3, -0.25) is 0 Å². The number of rotatable bonds is 1. The molecule has 7 heterocycles. The number of phenolic OH excluding ortho intramolecular Hbond substituents is 19. The highest BCUT2D eigenvalue weighted by Crippen LogP contribution is 2.64. The number of esters is 5. The van der Waals surface area contributed by atoms with Gasteiger partial charge in [0.15, 0.2) is 105 Å². The van der Waals surface area contributed by atoms with Crippen LogP contribution in [0.15, 0.2) is 42.7 Å². The number of benzene rings is 7. The number of cyclic esters (lactones) is 1. The van der Waals surface area contributed by atoms with Crippen molar-refractivity contribution in [3.8, 4) is 143 Å². The molecule has 0 radical (unpaired) electrons. The van der Waals surface area contributed by atoms with Gasteiger partial charge in [-0.1, -0.05) is 0 Å². The Balaban J connectivity index is 1.24. The quantitative estimate of drug-likeness (QED) is 0.0369. The number of fused-ring (bicyclic) bond motifs is 7. The molecule has 33 heteroatoms. The van der Waals surface area contributed by atoms with Gasteiger partial charge in [0, 0.05) is 55.3 Å². The van der Waals surface area contributed by atoms with Gasteiger partial charge in [-0.25, -0.2) is 33.6 Å². The van der Waals surface area contributed by atoms with Crippen molar-refractivity contribution in [3.05, 3.63) is 84.0 Å². The smallest absolute Gasteiger partial charge is 0.344 e. The topological polar surface area (TPSA) is 576 Å². The average molecular weight is 1220 g/mol. The Hall–Kier alpha value is -13.0. The molecular weight excluding hydrogens is 1190 g/mol. The fourth-order valence-corrected chi connectivity index (χ4v) is 11.7. The summed E-state index contributed by atoms with van der Waals surface area (Å²) in [6.45, 7) is -1.72. The van der Waals surface area contributed by atoms with Gasteiger partial charge in [-0.15, -0.1) is 0 Å². The van der Waals surface area contributed by atoms with Crippen LogP contribution in [0.25, 0.3) is 66.1 Å². The molecule has 14 rings (SSSR count). The van der Waals surface area contributed by atoms with Gasteiger partial charge in [0.05, 0.1) is 44.5 Å². The van der Waals surface area contributed by atoms with Gasteiger partial charge in [0.2, 0.25) is 40.2 Å². The van der Waals surface area contributed by atoms with Crippen LogP contribution in [0.4, 0.5) is 0 Å². The molecular formula is C55H30O33. The molecule has 88 heavy (non-hydrogen) atoms. The molecule has 5 atom stereocenters. The van der Waals surface area contributed by atoms with E-state index in [0.29, 0.717) is 12.1 Å². The normalized spacial score (nSPS) is 18.7. The third kappa shape index (κ3) is 6.80. The van der Waals surface area contributed by atoms with E-state index in [1.807, 2.05) is 0 Å². The zero-order chi connectivity index (χ0) is 63.4. The van der Waals surface area contributed by atoms with E-state index in [1.54, 1.807) is 0 Å². The van der Waals surface area contributed by atoms with Crippen LogP contribution in [-0.4, -0.2) is 158 Å². The van der Waals surface area contributed by atoms with Crippen LogP contribution < -0.4 is 11.3 Å². The number of ether oxygens (including phenoxy) is 5. The lowest BCUT2D eigenvalue weighted by Crippen LogP contribution is -2.56. The second-order valence-electron chi connectivity index (χ2n) is 20.0. The molecule has 5 aliphatic heterocycles. The first kappa shape index (κ1) is 54.3. The summed E-state index contributed by atoms with van der Waals surface area (Å²) in [5, 5.41) is 214. The van der Waals surface area contributed by atoms with Crippen LogP contribution in [0.3, 0.4) is 0 Å². The summed E-state index contributed by atoms with van der Waals surface area (Å²) in [6.07, 6.45) is -12.2. The fourth-order valence-electron chi connectivity index (χ4n) is 11.7. The molecule has 19 N–H and O–H groups in total. The Morgan fingerprint density at radius 1 is 0.307 bits per heavy atom. The van der Waals surface area contributed by atoms with Gasteiger partial charge >= 0.3 is 41.1 Å². The zero-order valence-electron chi connectivity index (χ0n) is 42.6. The highest BCUT2D eigenvalue weighted by Gasteiger charge is 2.57. The van der Waals surface area contributed by atoms with Gasteiger partial charge < -0.3 is 130 Å². The van der Waals surface area contributed by atoms with Gasteiger partial charge in [-0.2, -0.15) is 0 Å². The Kier molecular flexibility index (Phi) is 11.0. The summed E-state index contributed by atoms with van der Waals surface area (Å²) in [6, 6.07) is 1.42. The largest absolute Gasteiger partial charge is 0.504 e. The number of aromatic hydroxyl groups is 19. The van der Waals surface area contributed by atoms with Crippen LogP contribution in [0.1, 0.15) is 68.8 Å². The Bertz CT molecular complexity index is 4990. The van der Waals surface area contributed by atoms with Crippen molar-refractivity contribution in [2.75, 3.05) is 6.61 Å². The maximum Gasteiger partial charge on any atom is 0.344 e. The number of carbonyl (C=O) groups is 5. The van der Waals surface area contributed by atoms with E-state index in [-0.39, 0.29) is 12.1 Å². The first-order valence-corrected chi connectivity index (χ1v) is 24.6. The van der Waals surface area contributed by atoms with E-state index in [1.165, 1.54) is 0 Å². The van der Waals surface area contributed by atoms with Crippen LogP contribution in [0.5, 0.6) is 109 Å². The summed E-state index contributed by atoms with van der Waals surface area (Å²) < 4.78 is 40.0. The predicted molar refractivity (Wildman–Crippen MR) is 277 cm³/mol. The van der Waals surface area contributed by atoms with Crippen molar-refractivity contribution >= 4 is 62.6 Å². The van der Waals surface area contributed by atoms with E-state index in [4.69, 9.17) is 32.5 Å². The van der Waals surface area contributed by atoms with E-state index in [0.717, 1.165) is 0 Å². The zero-order valence-corrected chi connectivity index (χ0v) is 42.6. The lowest BCUT2D eigenvalue weighted by molar-refractivity contribution is -0.135. The SMILES string of the molecule is O=C1OC[C@@H]2OC(=O)c3cc(O)c(O)c(O)c3-c3c(O)c(O)c(O)c4c3C(=O)OC([C@H]3OC(=O)c5c-4c(O)c(O)c(O)c5[C@@H]3c3c(O)c(O)c4oc(=O)c5cc(O)c(O)c6oc(=O)c3c4c65)[C@@H]2OC(=O)c2cc(O)c(O)c(O)c2-c2c1cc(O)c(O)c2O. The summed E-state index contributed by atoms with van der Waals surface area (Å²) in [7, 11) is 0. The minimum absolute atomic E-state index is 0.244. The van der Waals surface area contributed by atoms with Crippen LogP contribution in [-0.2, 0) is 23.7 Å². The molecule has 0 spiro atoms.